The number of hydrogen-bond donors (Lipinski definition) is 1. The van der Waals surface area contributed by atoms with Gasteiger partial charge in [-0.1, -0.05) is 57.0 Å². The van der Waals surface area contributed by atoms with Crippen LogP contribution < -0.4 is 5.73 Å². The third-order valence-corrected chi connectivity index (χ3v) is 5.51. The molecule has 8 heteroatoms. The molecule has 2 N–H and O–H groups in total. The Hall–Kier alpha value is -1.28. The number of hydrogen-bond acceptors (Lipinski definition) is 6. The lowest BCUT2D eigenvalue weighted by molar-refractivity contribution is -0.236. The lowest BCUT2D eigenvalue weighted by Crippen LogP contribution is -2.67. The van der Waals surface area contributed by atoms with Crippen molar-refractivity contribution in [1.29, 1.82) is 0 Å². The number of nitrogens with two attached hydrogens (primary N) is 1. The van der Waals surface area contributed by atoms with E-state index in [1.165, 1.54) is 7.11 Å². The molecular formula is C21H35ClN2O4S. The minimum atomic E-state index is -1.67. The molecule has 0 fully saturated rings. The highest BCUT2D eigenvalue weighted by atomic mass is 35.5. The third kappa shape index (κ3) is 8.16. The van der Waals surface area contributed by atoms with Gasteiger partial charge in [-0.3, -0.25) is 15.4 Å². The normalized spacial score (nSPS) is 13.7. The van der Waals surface area contributed by atoms with Gasteiger partial charge in [0.05, 0.1) is 13.7 Å². The van der Waals surface area contributed by atoms with Gasteiger partial charge in [0.1, 0.15) is 0 Å². The fraction of sp³-hybridized carbons (Fsp3) is 0.619. The van der Waals surface area contributed by atoms with E-state index in [0.29, 0.717) is 18.8 Å². The molecule has 0 heterocycles. The monoisotopic (exact) mass is 446 g/mol. The molecule has 1 aromatic rings. The van der Waals surface area contributed by atoms with Gasteiger partial charge in [0.25, 0.3) is 0 Å². The maximum atomic E-state index is 13.1. The summed E-state index contributed by atoms with van der Waals surface area (Å²) in [5.41, 5.74) is 5.88. The van der Waals surface area contributed by atoms with Gasteiger partial charge in [-0.05, 0) is 30.4 Å². The van der Waals surface area contributed by atoms with E-state index in [9.17, 15) is 9.59 Å². The molecule has 0 radical (unpaired) electrons. The summed E-state index contributed by atoms with van der Waals surface area (Å²) < 4.78 is 4.96. The predicted octanol–water partition coefficient (Wildman–Crippen LogP) is 3.82. The topological polar surface area (TPSA) is 81.9 Å². The number of benzene rings is 1. The molecule has 166 valence electrons. The van der Waals surface area contributed by atoms with Crippen molar-refractivity contribution >= 4 is 36.0 Å². The van der Waals surface area contributed by atoms with Gasteiger partial charge in [0, 0.05) is 12.3 Å². The first-order valence-corrected chi connectivity index (χ1v) is 11.2. The molecular weight excluding hydrogens is 412 g/mol. The fourth-order valence-electron chi connectivity index (χ4n) is 2.92. The summed E-state index contributed by atoms with van der Waals surface area (Å²) in [5, 5.41) is 1.08. The van der Waals surface area contributed by atoms with Crippen LogP contribution in [-0.2, 0) is 25.6 Å². The summed E-state index contributed by atoms with van der Waals surface area (Å²) in [6.07, 6.45) is 5.45. The number of carbonyl (C=O) groups excluding carboxylic acids is 2. The smallest absolute Gasteiger partial charge is 0.349 e. The Morgan fingerprint density at radius 1 is 1.24 bits per heavy atom. The van der Waals surface area contributed by atoms with Crippen molar-refractivity contribution in [3.8, 4) is 0 Å². The van der Waals surface area contributed by atoms with Crippen molar-refractivity contribution in [2.75, 3.05) is 25.7 Å². The Balaban J connectivity index is 0.00000784. The summed E-state index contributed by atoms with van der Waals surface area (Å²) in [4.78, 5) is 31.5. The SMILES string of the molecule is CCCCCON(C(=O)CCc1ccccc1)[C@](N)(C(=O)OC)[C@H](C)CSC.Cl. The van der Waals surface area contributed by atoms with Crippen LogP contribution in [0.5, 0.6) is 0 Å². The summed E-state index contributed by atoms with van der Waals surface area (Å²) in [7, 11) is 1.28. The zero-order chi connectivity index (χ0) is 21.0. The molecule has 0 saturated heterocycles. The summed E-state index contributed by atoms with van der Waals surface area (Å²) in [6, 6.07) is 9.72. The number of carbonyl (C=O) groups is 2. The number of unbranched alkanes of at least 4 members (excludes halogenated alkanes) is 2. The summed E-state index contributed by atoms with van der Waals surface area (Å²) in [5.74, 6) is -0.743. The van der Waals surface area contributed by atoms with Gasteiger partial charge in [0.2, 0.25) is 11.6 Å². The third-order valence-electron chi connectivity index (χ3n) is 4.68. The van der Waals surface area contributed by atoms with Crippen LogP contribution in [-0.4, -0.2) is 48.3 Å². The first-order chi connectivity index (χ1) is 13.4. The second kappa shape index (κ2) is 14.7. The average Bonchev–Trinajstić information content (AvgIpc) is 2.71. The van der Waals surface area contributed by atoms with Gasteiger partial charge in [-0.15, -0.1) is 12.4 Å². The molecule has 0 saturated carbocycles. The van der Waals surface area contributed by atoms with Gasteiger partial charge in [-0.2, -0.15) is 16.8 Å². The molecule has 1 aromatic carbocycles. The average molecular weight is 447 g/mol. The Morgan fingerprint density at radius 3 is 2.45 bits per heavy atom. The van der Waals surface area contributed by atoms with E-state index in [4.69, 9.17) is 15.3 Å². The van der Waals surface area contributed by atoms with Crippen LogP contribution in [0.25, 0.3) is 0 Å². The molecule has 2 atom stereocenters. The maximum Gasteiger partial charge on any atom is 0.349 e. The first-order valence-electron chi connectivity index (χ1n) is 9.77. The highest BCUT2D eigenvalue weighted by molar-refractivity contribution is 7.98. The second-order valence-corrected chi connectivity index (χ2v) is 7.80. The van der Waals surface area contributed by atoms with Crippen molar-refractivity contribution < 1.29 is 19.2 Å². The van der Waals surface area contributed by atoms with Crippen LogP contribution in [0, 0.1) is 5.92 Å². The van der Waals surface area contributed by atoms with E-state index >= 15 is 0 Å². The quantitative estimate of drug-likeness (QED) is 0.215. The number of hydroxylamine groups is 2. The molecule has 0 aliphatic heterocycles. The molecule has 0 unspecified atom stereocenters. The number of rotatable bonds is 13. The summed E-state index contributed by atoms with van der Waals surface area (Å²) >= 11 is 1.55. The molecule has 0 spiro atoms. The van der Waals surface area contributed by atoms with Crippen molar-refractivity contribution in [2.24, 2.45) is 11.7 Å². The zero-order valence-electron chi connectivity index (χ0n) is 17.9. The molecule has 1 amide bonds. The second-order valence-electron chi connectivity index (χ2n) is 6.89. The minimum Gasteiger partial charge on any atom is -0.466 e. The van der Waals surface area contributed by atoms with Gasteiger partial charge >= 0.3 is 5.97 Å². The summed E-state index contributed by atoms with van der Waals surface area (Å²) in [6.45, 7) is 4.25. The standard InChI is InChI=1S/C21H34N2O4S.ClH/c1-5-6-10-15-27-23(19(24)14-13-18-11-8-7-9-12-18)21(22,20(25)26-3)17(2)16-28-4;/h7-9,11-12,17H,5-6,10,13-16,22H2,1-4H3;1H/t17-,21+;/m1./s1. The predicted molar refractivity (Wildman–Crippen MR) is 121 cm³/mol. The number of halogens is 1. The first kappa shape index (κ1) is 27.7. The van der Waals surface area contributed by atoms with Crippen LogP contribution >= 0.6 is 24.2 Å². The molecule has 0 aliphatic carbocycles. The van der Waals surface area contributed by atoms with E-state index in [1.54, 1.807) is 11.8 Å². The lowest BCUT2D eigenvalue weighted by atomic mass is 9.95. The van der Waals surface area contributed by atoms with Crippen molar-refractivity contribution in [1.82, 2.24) is 5.06 Å². The van der Waals surface area contributed by atoms with Crippen LogP contribution in [0.4, 0.5) is 0 Å². The largest absolute Gasteiger partial charge is 0.466 e. The van der Waals surface area contributed by atoms with E-state index in [1.807, 2.05) is 43.5 Å². The van der Waals surface area contributed by atoms with Crippen LogP contribution in [0.2, 0.25) is 0 Å². The zero-order valence-corrected chi connectivity index (χ0v) is 19.5. The van der Waals surface area contributed by atoms with E-state index < -0.39 is 11.6 Å². The molecule has 29 heavy (non-hydrogen) atoms. The van der Waals surface area contributed by atoms with E-state index in [0.717, 1.165) is 29.9 Å². The number of methoxy groups -OCH3 is 1. The van der Waals surface area contributed by atoms with Crippen LogP contribution in [0.15, 0.2) is 30.3 Å². The molecule has 6 nitrogen and oxygen atoms in total. The van der Waals surface area contributed by atoms with Gasteiger partial charge in [0.15, 0.2) is 0 Å². The number of nitrogens with zero attached hydrogens (tertiary/aromatic N) is 1. The Labute approximate surface area is 185 Å². The Morgan fingerprint density at radius 2 is 1.90 bits per heavy atom. The van der Waals surface area contributed by atoms with Crippen LogP contribution in [0.3, 0.4) is 0 Å². The minimum absolute atomic E-state index is 0. The fourth-order valence-corrected chi connectivity index (χ4v) is 3.67. The molecule has 0 aliphatic rings. The number of amides is 1. The number of esters is 1. The highest BCUT2D eigenvalue weighted by Gasteiger charge is 2.49. The Bertz CT molecular complexity index is 606. The van der Waals surface area contributed by atoms with Crippen molar-refractivity contribution in [3.63, 3.8) is 0 Å². The van der Waals surface area contributed by atoms with Crippen molar-refractivity contribution in [2.45, 2.75) is 51.6 Å². The van der Waals surface area contributed by atoms with E-state index in [2.05, 4.69) is 6.92 Å². The number of ether oxygens (including phenoxy) is 1. The van der Waals surface area contributed by atoms with Crippen LogP contribution in [0.1, 0.15) is 45.1 Å². The van der Waals surface area contributed by atoms with E-state index in [-0.39, 0.29) is 30.7 Å². The van der Waals surface area contributed by atoms with Crippen molar-refractivity contribution in [3.05, 3.63) is 35.9 Å². The molecule has 0 aromatic heterocycles. The van der Waals surface area contributed by atoms with Gasteiger partial charge in [-0.25, -0.2) is 4.79 Å². The number of thioether (sulfide) groups is 1. The molecule has 1 rings (SSSR count). The number of aryl methyl sites for hydroxylation is 1. The highest BCUT2D eigenvalue weighted by Crippen LogP contribution is 2.26. The maximum absolute atomic E-state index is 13.1. The van der Waals surface area contributed by atoms with Gasteiger partial charge < -0.3 is 4.74 Å². The molecule has 0 bridgehead atoms. The lowest BCUT2D eigenvalue weighted by Gasteiger charge is -2.41. The Kier molecular flexibility index (Phi) is 14.0.